The molecule has 0 bridgehead atoms. The Bertz CT molecular complexity index is 834. The van der Waals surface area contributed by atoms with Crippen LogP contribution < -0.4 is 5.32 Å². The van der Waals surface area contributed by atoms with Crippen molar-refractivity contribution in [3.8, 4) is 0 Å². The Labute approximate surface area is 161 Å². The average molecular weight is 386 g/mol. The van der Waals surface area contributed by atoms with Crippen molar-refractivity contribution in [3.63, 3.8) is 0 Å². The lowest BCUT2D eigenvalue weighted by Crippen LogP contribution is -2.48. The first-order valence-corrected chi connectivity index (χ1v) is 9.83. The third kappa shape index (κ3) is 4.36. The monoisotopic (exact) mass is 386 g/mol. The van der Waals surface area contributed by atoms with Gasteiger partial charge >= 0.3 is 5.97 Å². The predicted molar refractivity (Wildman–Crippen MR) is 104 cm³/mol. The van der Waals surface area contributed by atoms with Crippen LogP contribution in [0, 0.1) is 0 Å². The van der Waals surface area contributed by atoms with Gasteiger partial charge in [0.25, 0.3) is 5.91 Å². The minimum absolute atomic E-state index is 0.150. The van der Waals surface area contributed by atoms with E-state index in [9.17, 15) is 19.5 Å². The van der Waals surface area contributed by atoms with Crippen LogP contribution in [0.1, 0.15) is 47.3 Å². The van der Waals surface area contributed by atoms with Gasteiger partial charge in [-0.05, 0) is 55.8 Å². The number of thiophene rings is 1. The van der Waals surface area contributed by atoms with Gasteiger partial charge in [0, 0.05) is 22.7 Å². The molecule has 1 aliphatic rings. The maximum Gasteiger partial charge on any atom is 0.326 e. The van der Waals surface area contributed by atoms with Crippen molar-refractivity contribution in [2.75, 3.05) is 11.9 Å². The highest BCUT2D eigenvalue weighted by Gasteiger charge is 2.32. The van der Waals surface area contributed by atoms with Crippen LogP contribution in [0.25, 0.3) is 0 Å². The van der Waals surface area contributed by atoms with Crippen LogP contribution in [0.2, 0.25) is 0 Å². The highest BCUT2D eigenvalue weighted by atomic mass is 32.1. The lowest BCUT2D eigenvalue weighted by molar-refractivity contribution is -0.143. The molecule has 2 N–H and O–H groups in total. The number of hydrogen-bond acceptors (Lipinski definition) is 4. The normalized spacial score (nSPS) is 18.0. The average Bonchev–Trinajstić information content (AvgIpc) is 3.21. The number of carbonyl (C=O) groups is 3. The number of carboxylic acid groups (broad SMARTS) is 1. The van der Waals surface area contributed by atoms with Gasteiger partial charge in [0.2, 0.25) is 5.91 Å². The minimum atomic E-state index is -0.975. The van der Waals surface area contributed by atoms with E-state index in [2.05, 4.69) is 5.32 Å². The van der Waals surface area contributed by atoms with Crippen molar-refractivity contribution < 1.29 is 19.5 Å². The van der Waals surface area contributed by atoms with E-state index in [1.54, 1.807) is 24.3 Å². The summed E-state index contributed by atoms with van der Waals surface area (Å²) in [6, 6.07) is 9.70. The maximum absolute atomic E-state index is 12.8. The SMILES string of the molecule is CC(C(=O)Nc1cccc(C(=O)N2CCCCC2C(=O)O)c1)c1cccs1. The Morgan fingerprint density at radius 2 is 2.04 bits per heavy atom. The third-order valence-electron chi connectivity index (χ3n) is 4.79. The summed E-state index contributed by atoms with van der Waals surface area (Å²) in [7, 11) is 0. The number of carboxylic acids is 1. The van der Waals surface area contributed by atoms with Gasteiger partial charge < -0.3 is 15.3 Å². The molecule has 6 nitrogen and oxygen atoms in total. The van der Waals surface area contributed by atoms with Crippen LogP contribution in [0.4, 0.5) is 5.69 Å². The molecule has 0 aliphatic carbocycles. The molecule has 1 fully saturated rings. The molecule has 2 atom stereocenters. The van der Waals surface area contributed by atoms with Gasteiger partial charge in [-0.15, -0.1) is 11.3 Å². The van der Waals surface area contributed by atoms with Gasteiger partial charge in [-0.2, -0.15) is 0 Å². The number of likely N-dealkylation sites (tertiary alicyclic amines) is 1. The van der Waals surface area contributed by atoms with Crippen LogP contribution in [-0.4, -0.2) is 40.4 Å². The lowest BCUT2D eigenvalue weighted by Gasteiger charge is -2.33. The summed E-state index contributed by atoms with van der Waals surface area (Å²) in [6.07, 6.45) is 2.07. The molecule has 7 heteroatoms. The molecule has 0 saturated carbocycles. The van der Waals surface area contributed by atoms with Crippen molar-refractivity contribution in [2.45, 2.75) is 38.1 Å². The Kier molecular flexibility index (Phi) is 5.91. The summed E-state index contributed by atoms with van der Waals surface area (Å²) in [4.78, 5) is 39.1. The Morgan fingerprint density at radius 3 is 2.74 bits per heavy atom. The first-order valence-electron chi connectivity index (χ1n) is 8.95. The predicted octanol–water partition coefficient (Wildman–Crippen LogP) is 3.57. The summed E-state index contributed by atoms with van der Waals surface area (Å²) < 4.78 is 0. The van der Waals surface area contributed by atoms with Crippen LogP contribution >= 0.6 is 11.3 Å². The highest BCUT2D eigenvalue weighted by Crippen LogP contribution is 2.24. The molecule has 1 aromatic carbocycles. The fourth-order valence-corrected chi connectivity index (χ4v) is 4.03. The van der Waals surface area contributed by atoms with Crippen molar-refractivity contribution in [3.05, 3.63) is 52.2 Å². The number of carbonyl (C=O) groups excluding carboxylic acids is 2. The number of hydrogen-bond donors (Lipinski definition) is 2. The highest BCUT2D eigenvalue weighted by molar-refractivity contribution is 7.10. The smallest absolute Gasteiger partial charge is 0.326 e. The minimum Gasteiger partial charge on any atom is -0.480 e. The number of nitrogens with zero attached hydrogens (tertiary/aromatic N) is 1. The van der Waals surface area contributed by atoms with E-state index in [1.807, 2.05) is 24.4 Å². The largest absolute Gasteiger partial charge is 0.480 e. The van der Waals surface area contributed by atoms with Crippen molar-refractivity contribution >= 4 is 34.8 Å². The Hall–Kier alpha value is -2.67. The van der Waals surface area contributed by atoms with Gasteiger partial charge in [-0.25, -0.2) is 4.79 Å². The summed E-state index contributed by atoms with van der Waals surface area (Å²) in [5.41, 5.74) is 0.905. The van der Waals surface area contributed by atoms with Crippen molar-refractivity contribution in [1.29, 1.82) is 0 Å². The van der Waals surface area contributed by atoms with Crippen LogP contribution in [0.5, 0.6) is 0 Å². The molecule has 0 spiro atoms. The fourth-order valence-electron chi connectivity index (χ4n) is 3.24. The number of piperidine rings is 1. The second kappa shape index (κ2) is 8.35. The number of amides is 2. The molecule has 2 aromatic rings. The van der Waals surface area contributed by atoms with E-state index in [4.69, 9.17) is 0 Å². The first-order chi connectivity index (χ1) is 13.0. The van der Waals surface area contributed by atoms with Crippen LogP contribution in [0.15, 0.2) is 41.8 Å². The molecule has 3 rings (SSSR count). The van der Waals surface area contributed by atoms with E-state index in [1.165, 1.54) is 16.2 Å². The van der Waals surface area contributed by atoms with Crippen molar-refractivity contribution in [1.82, 2.24) is 4.90 Å². The fraction of sp³-hybridized carbons (Fsp3) is 0.350. The van der Waals surface area contributed by atoms with E-state index in [0.29, 0.717) is 24.2 Å². The number of nitrogens with one attached hydrogen (secondary N) is 1. The Morgan fingerprint density at radius 1 is 1.22 bits per heavy atom. The molecule has 1 saturated heterocycles. The summed E-state index contributed by atoms with van der Waals surface area (Å²) in [5.74, 6) is -1.73. The van der Waals surface area contributed by atoms with Gasteiger partial charge in [0.15, 0.2) is 0 Å². The molecule has 2 heterocycles. The maximum atomic E-state index is 12.8. The Balaban J connectivity index is 1.74. The second-order valence-electron chi connectivity index (χ2n) is 6.66. The zero-order valence-electron chi connectivity index (χ0n) is 15.1. The van der Waals surface area contributed by atoms with Crippen LogP contribution in [-0.2, 0) is 9.59 Å². The van der Waals surface area contributed by atoms with E-state index < -0.39 is 12.0 Å². The third-order valence-corrected chi connectivity index (χ3v) is 5.84. The van der Waals surface area contributed by atoms with Crippen LogP contribution in [0.3, 0.4) is 0 Å². The summed E-state index contributed by atoms with van der Waals surface area (Å²) in [6.45, 7) is 2.27. The molecule has 2 unspecified atom stereocenters. The van der Waals surface area contributed by atoms with Gasteiger partial charge in [0.1, 0.15) is 6.04 Å². The molecule has 27 heavy (non-hydrogen) atoms. The zero-order chi connectivity index (χ0) is 19.4. The first kappa shape index (κ1) is 19.1. The number of benzene rings is 1. The number of rotatable bonds is 5. The summed E-state index contributed by atoms with van der Waals surface area (Å²) >= 11 is 1.52. The molecule has 1 aliphatic heterocycles. The van der Waals surface area contributed by atoms with E-state index in [-0.39, 0.29) is 17.7 Å². The molecule has 2 amide bonds. The second-order valence-corrected chi connectivity index (χ2v) is 7.63. The van der Waals surface area contributed by atoms with E-state index in [0.717, 1.165) is 17.7 Å². The van der Waals surface area contributed by atoms with Gasteiger partial charge in [-0.3, -0.25) is 9.59 Å². The quantitative estimate of drug-likeness (QED) is 0.822. The standard InChI is InChI=1S/C20H22N2O4S/c1-13(17-9-5-11-27-17)18(23)21-15-7-4-6-14(12-15)19(24)22-10-3-2-8-16(22)20(25)26/h4-7,9,11-13,16H,2-3,8,10H2,1H3,(H,21,23)(H,25,26). The lowest BCUT2D eigenvalue weighted by atomic mass is 10.0. The molecular weight excluding hydrogens is 364 g/mol. The zero-order valence-corrected chi connectivity index (χ0v) is 15.9. The van der Waals surface area contributed by atoms with Crippen molar-refractivity contribution in [2.24, 2.45) is 0 Å². The molecule has 142 valence electrons. The molecular formula is C20H22N2O4S. The number of anilines is 1. The van der Waals surface area contributed by atoms with Gasteiger partial charge in [-0.1, -0.05) is 12.1 Å². The molecule has 0 radical (unpaired) electrons. The van der Waals surface area contributed by atoms with Gasteiger partial charge in [0.05, 0.1) is 5.92 Å². The van der Waals surface area contributed by atoms with E-state index >= 15 is 0 Å². The molecule has 1 aromatic heterocycles. The summed E-state index contributed by atoms with van der Waals surface area (Å²) in [5, 5.41) is 14.1. The topological polar surface area (TPSA) is 86.7 Å². The number of aliphatic carboxylic acids is 1.